The van der Waals surface area contributed by atoms with E-state index in [1.54, 1.807) is 0 Å². The minimum absolute atomic E-state index is 0. The maximum atomic E-state index is 3.30. The van der Waals surface area contributed by atoms with Crippen LogP contribution in [-0.4, -0.2) is 0 Å². The summed E-state index contributed by atoms with van der Waals surface area (Å²) >= 11 is 0. The van der Waals surface area contributed by atoms with E-state index in [0.29, 0.717) is 10.8 Å². The van der Waals surface area contributed by atoms with E-state index in [2.05, 4.69) is 78.0 Å². The fourth-order valence-corrected chi connectivity index (χ4v) is 1.84. The molecule has 106 valence electrons. The van der Waals surface area contributed by atoms with Crippen molar-refractivity contribution in [2.45, 2.75) is 54.4 Å². The molecule has 0 nitrogen and oxygen atoms in total. The Morgan fingerprint density at radius 1 is 0.789 bits per heavy atom. The van der Waals surface area contributed by atoms with Crippen LogP contribution in [0, 0.1) is 23.0 Å². The van der Waals surface area contributed by atoms with Crippen LogP contribution in [0.3, 0.4) is 0 Å². The molecule has 0 amide bonds. The molecule has 0 radical (unpaired) electrons. The molecule has 0 atom stereocenters. The normalized spacial score (nSPS) is 17.4. The molecule has 0 saturated carbocycles. The van der Waals surface area contributed by atoms with E-state index in [4.69, 9.17) is 0 Å². The summed E-state index contributed by atoms with van der Waals surface area (Å²) in [6.07, 6.45) is 17.3. The van der Waals surface area contributed by atoms with Gasteiger partial charge in [0, 0.05) is 0 Å². The van der Waals surface area contributed by atoms with E-state index in [1.165, 1.54) is 11.1 Å². The Hall–Kier alpha value is -0.157. The van der Waals surface area contributed by atoms with Gasteiger partial charge in [0.15, 0.2) is 0 Å². The summed E-state index contributed by atoms with van der Waals surface area (Å²) in [5.41, 5.74) is 3.30. The third-order valence-electron chi connectivity index (χ3n) is 3.01. The van der Waals surface area contributed by atoms with Crippen LogP contribution >= 0.6 is 0 Å². The van der Waals surface area contributed by atoms with E-state index in [-0.39, 0.29) is 29.1 Å². The van der Waals surface area contributed by atoms with E-state index in [1.807, 2.05) is 0 Å². The quantitative estimate of drug-likeness (QED) is 0.501. The van der Waals surface area contributed by atoms with Crippen molar-refractivity contribution in [3.63, 3.8) is 0 Å². The molecule has 0 unspecified atom stereocenters. The Labute approximate surface area is 141 Å². The minimum Gasteiger partial charge on any atom is -1.00 e. The van der Waals surface area contributed by atoms with Gasteiger partial charge in [-0.1, -0.05) is 41.5 Å². The molecule has 0 aromatic rings. The van der Waals surface area contributed by atoms with E-state index >= 15 is 0 Å². The van der Waals surface area contributed by atoms with Crippen molar-refractivity contribution in [1.82, 2.24) is 0 Å². The fourth-order valence-electron chi connectivity index (χ4n) is 1.84. The summed E-state index contributed by atoms with van der Waals surface area (Å²) in [6, 6.07) is 0. The fraction of sp³-hybridized carbons (Fsp3) is 0.556. The van der Waals surface area contributed by atoms with Gasteiger partial charge in [-0.2, -0.15) is 12.2 Å². The van der Waals surface area contributed by atoms with Gasteiger partial charge in [-0.15, -0.1) is 12.8 Å². The maximum absolute atomic E-state index is 3.30. The number of hydrogen-bond acceptors (Lipinski definition) is 0. The van der Waals surface area contributed by atoms with Crippen molar-refractivity contribution in [2.24, 2.45) is 10.8 Å². The summed E-state index contributed by atoms with van der Waals surface area (Å²) in [5.74, 6) is 0. The van der Waals surface area contributed by atoms with Crippen LogP contribution in [0.1, 0.15) is 57.2 Å². The second kappa shape index (κ2) is 7.58. The summed E-state index contributed by atoms with van der Waals surface area (Å²) < 4.78 is 0. The van der Waals surface area contributed by atoms with Crippen molar-refractivity contribution in [2.75, 3.05) is 0 Å². The molecule has 0 bridgehead atoms. The monoisotopic (exact) mass is 334 g/mol. The van der Waals surface area contributed by atoms with E-state index in [0.717, 1.165) is 12.8 Å². The molecule has 19 heavy (non-hydrogen) atoms. The first-order valence-corrected chi connectivity index (χ1v) is 6.77. The van der Waals surface area contributed by atoms with Crippen LogP contribution in [0.4, 0.5) is 0 Å². The average molecular weight is 336 g/mol. The molecular formula is C18H28Zr-2. The number of hydrogen-bond donors (Lipinski definition) is 0. The first-order chi connectivity index (χ1) is 8.21. The molecule has 0 N–H and O–H groups in total. The second-order valence-corrected chi connectivity index (χ2v) is 6.89. The summed E-state index contributed by atoms with van der Waals surface area (Å²) in [5, 5.41) is 0. The number of allylic oxidation sites excluding steroid dienone is 8. The minimum atomic E-state index is 0. The van der Waals surface area contributed by atoms with Gasteiger partial charge in [-0.3, -0.25) is 12.2 Å². The molecule has 0 aliphatic heterocycles. The van der Waals surface area contributed by atoms with Gasteiger partial charge in [0.2, 0.25) is 0 Å². The van der Waals surface area contributed by atoms with Crippen LogP contribution < -0.4 is 0 Å². The maximum Gasteiger partial charge on any atom is 2.00 e. The van der Waals surface area contributed by atoms with Crippen molar-refractivity contribution < 1.29 is 29.1 Å². The predicted octanol–water partition coefficient (Wildman–Crippen LogP) is 5.67. The smallest absolute Gasteiger partial charge is 1.00 e. The van der Waals surface area contributed by atoms with Gasteiger partial charge < -0.3 is 2.85 Å². The molecular weight excluding hydrogens is 307 g/mol. The molecule has 0 aromatic carbocycles. The zero-order valence-electron chi connectivity index (χ0n) is 15.2. The zero-order chi connectivity index (χ0) is 13.8. The second-order valence-electron chi connectivity index (χ2n) is 6.89. The molecule has 2 aliphatic rings. The standard InChI is InChI=1S/2C9H13.Zr.2H/c2*1-9(2,3)8-6-4-5-7-8;;;/h2*4,6H,5H2,1-3H3;;;/q2*-1;+2;2*-1. The van der Waals surface area contributed by atoms with Crippen LogP contribution in [0.25, 0.3) is 0 Å². The van der Waals surface area contributed by atoms with Gasteiger partial charge in [0.1, 0.15) is 0 Å². The van der Waals surface area contributed by atoms with E-state index < -0.39 is 0 Å². The first-order valence-electron chi connectivity index (χ1n) is 6.77. The summed E-state index contributed by atoms with van der Waals surface area (Å²) in [7, 11) is 0. The van der Waals surface area contributed by atoms with Crippen molar-refractivity contribution in [1.29, 1.82) is 0 Å². The van der Waals surface area contributed by atoms with Gasteiger partial charge in [0.25, 0.3) is 0 Å². The Morgan fingerprint density at radius 3 is 1.21 bits per heavy atom. The van der Waals surface area contributed by atoms with Crippen molar-refractivity contribution in [3.8, 4) is 0 Å². The Kier molecular flexibility index (Phi) is 7.52. The van der Waals surface area contributed by atoms with Crippen LogP contribution in [0.5, 0.6) is 0 Å². The van der Waals surface area contributed by atoms with Crippen LogP contribution in [0.15, 0.2) is 35.5 Å². The van der Waals surface area contributed by atoms with Gasteiger partial charge in [-0.25, -0.2) is 23.3 Å². The van der Waals surface area contributed by atoms with Crippen LogP contribution in [0.2, 0.25) is 0 Å². The van der Waals surface area contributed by atoms with Crippen molar-refractivity contribution in [3.05, 3.63) is 47.6 Å². The first kappa shape index (κ1) is 18.8. The van der Waals surface area contributed by atoms with Gasteiger partial charge in [-0.05, 0) is 10.8 Å². The topological polar surface area (TPSA) is 0 Å². The molecule has 0 aromatic heterocycles. The van der Waals surface area contributed by atoms with Crippen LogP contribution in [-0.2, 0) is 26.2 Å². The summed E-state index contributed by atoms with van der Waals surface area (Å²) in [6.45, 7) is 13.3. The molecule has 2 rings (SSSR count). The van der Waals surface area contributed by atoms with Gasteiger partial charge >= 0.3 is 26.2 Å². The third-order valence-corrected chi connectivity index (χ3v) is 3.01. The molecule has 0 fully saturated rings. The largest absolute Gasteiger partial charge is 2.00 e. The molecule has 1 heteroatoms. The Morgan fingerprint density at radius 2 is 1.11 bits per heavy atom. The summed E-state index contributed by atoms with van der Waals surface area (Å²) in [4.78, 5) is 0. The third kappa shape index (κ3) is 6.71. The Balaban J connectivity index is -0.000000270. The molecule has 0 saturated heterocycles. The molecule has 0 spiro atoms. The van der Waals surface area contributed by atoms with Crippen molar-refractivity contribution >= 4 is 0 Å². The SMILES string of the molecule is CC(C)(C)C1=[C-]CC=C1.CC(C)(C)C1=[C-]CC=C1.[H-].[H-].[Zr+2]. The number of rotatable bonds is 0. The van der Waals surface area contributed by atoms with Gasteiger partial charge in [0.05, 0.1) is 0 Å². The molecule has 0 heterocycles. The zero-order valence-corrected chi connectivity index (χ0v) is 15.7. The predicted molar refractivity (Wildman–Crippen MR) is 82.2 cm³/mol. The van der Waals surface area contributed by atoms with E-state index in [9.17, 15) is 0 Å². The molecule has 2 aliphatic carbocycles. The Bertz CT molecular complexity index is 362. The average Bonchev–Trinajstić information content (AvgIpc) is 2.91.